The molecule has 0 aliphatic carbocycles. The Balaban J connectivity index is 1.61. The summed E-state index contributed by atoms with van der Waals surface area (Å²) in [6, 6.07) is 9.52. The molecule has 3 aromatic rings. The van der Waals surface area contributed by atoms with Crippen molar-refractivity contribution in [2.24, 2.45) is 0 Å². The van der Waals surface area contributed by atoms with E-state index in [9.17, 15) is 35.1 Å². The van der Waals surface area contributed by atoms with Crippen molar-refractivity contribution in [3.63, 3.8) is 0 Å². The number of aliphatic hydroxyl groups is 3. The Kier molecular flexibility index (Phi) is 7.27. The molecular weight excluding hydrogens is 476 g/mol. The van der Waals surface area contributed by atoms with E-state index in [2.05, 4.69) is 0 Å². The van der Waals surface area contributed by atoms with Crippen molar-refractivity contribution in [1.29, 1.82) is 0 Å². The van der Waals surface area contributed by atoms with E-state index in [4.69, 9.17) is 18.6 Å². The number of allylic oxidation sites excluding steroid dienone is 1. The lowest BCUT2D eigenvalue weighted by atomic mass is 9.99. The average molecular weight is 500 g/mol. The van der Waals surface area contributed by atoms with Gasteiger partial charge in [-0.3, -0.25) is 4.79 Å². The highest BCUT2D eigenvalue weighted by Gasteiger charge is 2.45. The van der Waals surface area contributed by atoms with Gasteiger partial charge in [0.1, 0.15) is 65.0 Å². The Labute approximate surface area is 204 Å². The van der Waals surface area contributed by atoms with Gasteiger partial charge in [0.2, 0.25) is 6.29 Å². The van der Waals surface area contributed by atoms with Crippen LogP contribution >= 0.6 is 0 Å². The molecule has 0 bridgehead atoms. The molecule has 2 aromatic carbocycles. The molecule has 5 N–H and O–H groups in total. The second-order valence-corrected chi connectivity index (χ2v) is 8.10. The van der Waals surface area contributed by atoms with Crippen molar-refractivity contribution in [2.75, 3.05) is 6.61 Å². The van der Waals surface area contributed by atoms with Crippen molar-refractivity contribution in [1.82, 2.24) is 0 Å². The molecule has 5 atom stereocenters. The van der Waals surface area contributed by atoms with Crippen molar-refractivity contribution >= 4 is 16.9 Å². The van der Waals surface area contributed by atoms with Gasteiger partial charge in [0.05, 0.1) is 0 Å². The Bertz CT molecular complexity index is 1330. The fraction of sp³-hybridized carbons (Fsp3) is 0.280. The summed E-state index contributed by atoms with van der Waals surface area (Å²) in [5, 5.41) is 50.6. The number of esters is 1. The molecule has 0 amide bonds. The van der Waals surface area contributed by atoms with Gasteiger partial charge in [0.25, 0.3) is 0 Å². The molecule has 4 rings (SSSR count). The minimum absolute atomic E-state index is 0.0310. The third-order valence-electron chi connectivity index (χ3n) is 5.55. The highest BCUT2D eigenvalue weighted by Crippen LogP contribution is 2.33. The van der Waals surface area contributed by atoms with Crippen LogP contribution < -0.4 is 10.2 Å². The van der Waals surface area contributed by atoms with Crippen LogP contribution in [0.3, 0.4) is 0 Å². The predicted molar refractivity (Wildman–Crippen MR) is 124 cm³/mol. The number of aliphatic hydroxyl groups excluding tert-OH is 3. The van der Waals surface area contributed by atoms with Crippen LogP contribution in [-0.4, -0.2) is 68.8 Å². The first-order valence-corrected chi connectivity index (χ1v) is 10.9. The maximum atomic E-state index is 12.6. The monoisotopic (exact) mass is 500 g/mol. The molecule has 1 aromatic heterocycles. The van der Waals surface area contributed by atoms with E-state index in [-0.39, 0.29) is 28.2 Å². The number of hydrogen-bond acceptors (Lipinski definition) is 11. The molecule has 0 spiro atoms. The quantitative estimate of drug-likeness (QED) is 0.243. The summed E-state index contributed by atoms with van der Waals surface area (Å²) in [5.74, 6) is -1.03. The lowest BCUT2D eigenvalue weighted by Crippen LogP contribution is -2.60. The highest BCUT2D eigenvalue weighted by atomic mass is 16.7. The maximum absolute atomic E-state index is 12.6. The summed E-state index contributed by atoms with van der Waals surface area (Å²) < 4.78 is 21.9. The second-order valence-electron chi connectivity index (χ2n) is 8.10. The van der Waals surface area contributed by atoms with E-state index >= 15 is 0 Å². The molecular formula is C25H24O11. The number of carbonyl (C=O) groups excluding carboxylic acids is 1. The Morgan fingerprint density at radius 2 is 1.75 bits per heavy atom. The van der Waals surface area contributed by atoms with Gasteiger partial charge >= 0.3 is 5.97 Å². The summed E-state index contributed by atoms with van der Waals surface area (Å²) in [4.78, 5) is 24.2. The summed E-state index contributed by atoms with van der Waals surface area (Å²) in [6.07, 6.45) is -5.10. The third-order valence-corrected chi connectivity index (χ3v) is 5.55. The Morgan fingerprint density at radius 3 is 2.44 bits per heavy atom. The topological polar surface area (TPSA) is 176 Å². The molecule has 0 saturated carbocycles. The van der Waals surface area contributed by atoms with Crippen LogP contribution in [0, 0.1) is 0 Å². The lowest BCUT2D eigenvalue weighted by Gasteiger charge is -2.39. The smallest absolute Gasteiger partial charge is 0.330 e. The van der Waals surface area contributed by atoms with Gasteiger partial charge in [-0.2, -0.15) is 0 Å². The van der Waals surface area contributed by atoms with Gasteiger partial charge in [0, 0.05) is 29.8 Å². The summed E-state index contributed by atoms with van der Waals surface area (Å²) in [6.45, 7) is 1.19. The zero-order chi connectivity index (χ0) is 26.0. The Morgan fingerprint density at radius 1 is 1.03 bits per heavy atom. The summed E-state index contributed by atoms with van der Waals surface area (Å²) >= 11 is 0. The van der Waals surface area contributed by atoms with Crippen molar-refractivity contribution in [3.8, 4) is 28.6 Å². The van der Waals surface area contributed by atoms with Crippen LogP contribution in [0.2, 0.25) is 0 Å². The van der Waals surface area contributed by atoms with Gasteiger partial charge in [0.15, 0.2) is 5.43 Å². The number of phenols is 2. The zero-order valence-electron chi connectivity index (χ0n) is 19.0. The molecule has 11 nitrogen and oxygen atoms in total. The van der Waals surface area contributed by atoms with Gasteiger partial charge in [-0.05, 0) is 31.2 Å². The number of carbonyl (C=O) groups is 1. The SMILES string of the molecule is C/C=C/C(=O)OC[C@H]1O[C@@H](Oc2cc(O)c3c(=O)cc(-c4ccc(O)cc4)oc3c2)[C@H](O)[C@@H](O)[C@@H]1O. The van der Waals surface area contributed by atoms with Gasteiger partial charge < -0.3 is 44.2 Å². The predicted octanol–water partition coefficient (Wildman–Crippen LogP) is 1.18. The third kappa shape index (κ3) is 5.19. The molecule has 190 valence electrons. The van der Waals surface area contributed by atoms with E-state index in [0.29, 0.717) is 5.56 Å². The first kappa shape index (κ1) is 25.2. The van der Waals surface area contributed by atoms with E-state index in [1.54, 1.807) is 19.1 Å². The van der Waals surface area contributed by atoms with E-state index in [1.807, 2.05) is 0 Å². The molecule has 0 unspecified atom stereocenters. The molecule has 2 heterocycles. The van der Waals surface area contributed by atoms with Gasteiger partial charge in [-0.1, -0.05) is 6.08 Å². The van der Waals surface area contributed by atoms with Crippen LogP contribution in [0.15, 0.2) is 63.8 Å². The molecule has 0 radical (unpaired) electrons. The van der Waals surface area contributed by atoms with Gasteiger partial charge in [-0.25, -0.2) is 4.79 Å². The van der Waals surface area contributed by atoms with Crippen LogP contribution in [0.25, 0.3) is 22.3 Å². The maximum Gasteiger partial charge on any atom is 0.330 e. The van der Waals surface area contributed by atoms with Crippen LogP contribution in [0.4, 0.5) is 0 Å². The number of phenolic OH excluding ortho intramolecular Hbond substituents is 2. The van der Waals surface area contributed by atoms with Crippen LogP contribution in [-0.2, 0) is 14.3 Å². The minimum atomic E-state index is -1.70. The standard InChI is InChI=1S/C25H24O11/c1-2-3-20(29)33-11-19-22(30)23(31)24(32)25(36-19)34-14-8-15(27)21-16(28)10-17(35-18(21)9-14)12-4-6-13(26)7-5-12/h2-10,19,22-27,30-32H,11H2,1H3/b3-2+/t19-,22-,23+,24-,25-/m1/s1. The summed E-state index contributed by atoms with van der Waals surface area (Å²) in [5.41, 5.74) is -0.0711. The van der Waals surface area contributed by atoms with Crippen molar-refractivity contribution in [2.45, 2.75) is 37.6 Å². The minimum Gasteiger partial charge on any atom is -0.508 e. The first-order valence-electron chi connectivity index (χ1n) is 10.9. The normalized spacial score (nSPS) is 24.2. The Hall–Kier alpha value is -3.90. The molecule has 36 heavy (non-hydrogen) atoms. The zero-order valence-corrected chi connectivity index (χ0v) is 19.0. The fourth-order valence-electron chi connectivity index (χ4n) is 3.71. The number of fused-ring (bicyclic) bond motifs is 1. The van der Waals surface area contributed by atoms with E-state index in [0.717, 1.165) is 12.1 Å². The molecule has 11 heteroatoms. The molecule has 1 saturated heterocycles. The number of rotatable bonds is 6. The number of ether oxygens (including phenoxy) is 3. The lowest BCUT2D eigenvalue weighted by molar-refractivity contribution is -0.278. The number of aromatic hydroxyl groups is 2. The fourth-order valence-corrected chi connectivity index (χ4v) is 3.71. The van der Waals surface area contributed by atoms with Crippen LogP contribution in [0.5, 0.6) is 17.2 Å². The average Bonchev–Trinajstić information content (AvgIpc) is 2.83. The highest BCUT2D eigenvalue weighted by molar-refractivity contribution is 5.86. The molecule has 1 fully saturated rings. The number of benzene rings is 2. The molecule has 1 aliphatic rings. The van der Waals surface area contributed by atoms with Crippen molar-refractivity contribution in [3.05, 3.63) is 64.8 Å². The second kappa shape index (κ2) is 10.4. The summed E-state index contributed by atoms with van der Waals surface area (Å²) in [7, 11) is 0. The van der Waals surface area contributed by atoms with Crippen molar-refractivity contribution < 1.29 is 49.0 Å². The largest absolute Gasteiger partial charge is 0.508 e. The van der Waals surface area contributed by atoms with E-state index in [1.165, 1.54) is 30.3 Å². The first-order chi connectivity index (χ1) is 17.2. The van der Waals surface area contributed by atoms with E-state index < -0.39 is 54.5 Å². The van der Waals surface area contributed by atoms with Crippen LogP contribution in [0.1, 0.15) is 6.92 Å². The molecule has 1 aliphatic heterocycles. The number of hydrogen-bond donors (Lipinski definition) is 5. The van der Waals surface area contributed by atoms with Gasteiger partial charge in [-0.15, -0.1) is 0 Å².